The highest BCUT2D eigenvalue weighted by Crippen LogP contribution is 2.44. The van der Waals surface area contributed by atoms with Crippen molar-refractivity contribution in [3.05, 3.63) is 65.4 Å². The molecule has 2 aromatic rings. The molecule has 132 valence electrons. The Bertz CT molecular complexity index is 919. The van der Waals surface area contributed by atoms with Gasteiger partial charge >= 0.3 is 0 Å². The van der Waals surface area contributed by atoms with E-state index in [-0.39, 0.29) is 24.6 Å². The lowest BCUT2D eigenvalue weighted by molar-refractivity contribution is -0.118. The first-order valence-corrected chi connectivity index (χ1v) is 8.36. The number of carbonyl (C=O) groups excluding carboxylic acids is 2. The van der Waals surface area contributed by atoms with E-state index in [0.29, 0.717) is 17.2 Å². The Morgan fingerprint density at radius 1 is 1.15 bits per heavy atom. The Labute approximate surface area is 150 Å². The molecular formula is C20H17NO5. The number of amides is 1. The highest BCUT2D eigenvalue weighted by molar-refractivity contribution is 6.16. The summed E-state index contributed by atoms with van der Waals surface area (Å²) in [6.07, 6.45) is 0.199. The van der Waals surface area contributed by atoms with Crippen molar-refractivity contribution in [2.24, 2.45) is 0 Å². The van der Waals surface area contributed by atoms with Crippen molar-refractivity contribution in [1.29, 1.82) is 0 Å². The van der Waals surface area contributed by atoms with Gasteiger partial charge in [-0.2, -0.15) is 0 Å². The van der Waals surface area contributed by atoms with Crippen LogP contribution in [0, 0.1) is 0 Å². The molecule has 0 spiro atoms. The Hall–Kier alpha value is -3.28. The van der Waals surface area contributed by atoms with E-state index in [9.17, 15) is 14.7 Å². The van der Waals surface area contributed by atoms with E-state index in [4.69, 9.17) is 9.47 Å². The van der Waals surface area contributed by atoms with Gasteiger partial charge in [-0.3, -0.25) is 14.5 Å². The van der Waals surface area contributed by atoms with Crippen molar-refractivity contribution >= 4 is 17.4 Å². The smallest absolute Gasteiger partial charge is 0.294 e. The number of benzene rings is 2. The molecule has 2 heterocycles. The second kappa shape index (κ2) is 6.22. The van der Waals surface area contributed by atoms with Crippen LogP contribution >= 0.6 is 0 Å². The largest absolute Gasteiger partial charge is 0.503 e. The lowest BCUT2D eigenvalue weighted by Crippen LogP contribution is -2.30. The number of hydrogen-bond acceptors (Lipinski definition) is 5. The molecule has 2 aliphatic rings. The minimum absolute atomic E-state index is 0.123. The number of carbonyl (C=O) groups is 2. The van der Waals surface area contributed by atoms with E-state index in [2.05, 4.69) is 0 Å². The molecule has 1 atom stereocenters. The molecule has 1 N–H and O–H groups in total. The van der Waals surface area contributed by atoms with Gasteiger partial charge in [-0.15, -0.1) is 0 Å². The van der Waals surface area contributed by atoms with Crippen LogP contribution < -0.4 is 14.4 Å². The van der Waals surface area contributed by atoms with Crippen LogP contribution in [0.2, 0.25) is 0 Å². The van der Waals surface area contributed by atoms with Crippen LogP contribution in [-0.4, -0.2) is 23.6 Å². The van der Waals surface area contributed by atoms with Gasteiger partial charge < -0.3 is 14.6 Å². The fraction of sp³-hybridized carbons (Fsp3) is 0.200. The van der Waals surface area contributed by atoms with Crippen molar-refractivity contribution in [2.45, 2.75) is 19.4 Å². The van der Waals surface area contributed by atoms with Crippen molar-refractivity contribution in [3.63, 3.8) is 0 Å². The third kappa shape index (κ3) is 2.42. The van der Waals surface area contributed by atoms with Crippen molar-refractivity contribution in [1.82, 2.24) is 0 Å². The zero-order valence-electron chi connectivity index (χ0n) is 14.1. The molecular weight excluding hydrogens is 334 g/mol. The third-order valence-electron chi connectivity index (χ3n) is 4.58. The summed E-state index contributed by atoms with van der Waals surface area (Å²) >= 11 is 0. The van der Waals surface area contributed by atoms with Gasteiger partial charge in [0, 0.05) is 18.2 Å². The van der Waals surface area contributed by atoms with E-state index in [1.54, 1.807) is 25.1 Å². The molecule has 0 saturated carbocycles. The number of rotatable bonds is 4. The van der Waals surface area contributed by atoms with Crippen LogP contribution in [0.15, 0.2) is 59.9 Å². The molecule has 0 aliphatic carbocycles. The Morgan fingerprint density at radius 3 is 2.62 bits per heavy atom. The summed E-state index contributed by atoms with van der Waals surface area (Å²) in [6.45, 7) is 1.83. The molecule has 6 nitrogen and oxygen atoms in total. The number of fused-ring (bicyclic) bond motifs is 1. The topological polar surface area (TPSA) is 76.1 Å². The fourth-order valence-electron chi connectivity index (χ4n) is 3.33. The summed E-state index contributed by atoms with van der Waals surface area (Å²) in [6, 6.07) is 13.6. The number of ether oxygens (including phenoxy) is 2. The van der Waals surface area contributed by atoms with Crippen molar-refractivity contribution in [2.75, 3.05) is 11.7 Å². The summed E-state index contributed by atoms with van der Waals surface area (Å²) in [7, 11) is 0. The normalized spacial score (nSPS) is 18.6. The second-order valence-electron chi connectivity index (χ2n) is 6.06. The molecule has 0 bridgehead atoms. The van der Waals surface area contributed by atoms with Gasteiger partial charge in [-0.05, 0) is 17.7 Å². The van der Waals surface area contributed by atoms with Crippen molar-refractivity contribution in [3.8, 4) is 11.5 Å². The number of ketones is 1. The Balaban J connectivity index is 1.85. The third-order valence-corrected chi connectivity index (χ3v) is 4.58. The first kappa shape index (κ1) is 16.2. The summed E-state index contributed by atoms with van der Waals surface area (Å²) in [4.78, 5) is 26.7. The van der Waals surface area contributed by atoms with Gasteiger partial charge in [0.15, 0.2) is 23.0 Å². The molecule has 26 heavy (non-hydrogen) atoms. The molecule has 0 radical (unpaired) electrons. The maximum Gasteiger partial charge on any atom is 0.294 e. The summed E-state index contributed by atoms with van der Waals surface area (Å²) in [5.41, 5.74) is 1.40. The molecule has 0 aromatic heterocycles. The highest BCUT2D eigenvalue weighted by Gasteiger charge is 2.44. The maximum atomic E-state index is 12.8. The van der Waals surface area contributed by atoms with E-state index in [1.165, 1.54) is 4.90 Å². The Kier molecular flexibility index (Phi) is 3.88. The van der Waals surface area contributed by atoms with E-state index < -0.39 is 17.7 Å². The standard InChI is InChI=1S/C20H17NO5/c1-2-14(22)17-18(12-6-4-3-5-7-12)21(20(24)19(17)23)13-8-9-15-16(10-13)26-11-25-15/h3-10,18,23H,2,11H2,1H3. The molecule has 4 rings (SSSR count). The molecule has 2 aromatic carbocycles. The monoisotopic (exact) mass is 351 g/mol. The maximum absolute atomic E-state index is 12.8. The van der Waals surface area contributed by atoms with Crippen molar-refractivity contribution < 1.29 is 24.2 Å². The number of hydrogen-bond donors (Lipinski definition) is 1. The molecule has 2 aliphatic heterocycles. The first-order chi connectivity index (χ1) is 12.6. The average molecular weight is 351 g/mol. The van der Waals surface area contributed by atoms with Crippen LogP contribution in [-0.2, 0) is 9.59 Å². The lowest BCUT2D eigenvalue weighted by Gasteiger charge is -2.27. The number of Topliss-reactive ketones (excluding diaryl/α,β-unsaturated/α-hetero) is 1. The second-order valence-corrected chi connectivity index (χ2v) is 6.06. The number of aliphatic hydroxyl groups excluding tert-OH is 1. The predicted molar refractivity (Wildman–Crippen MR) is 94.2 cm³/mol. The lowest BCUT2D eigenvalue weighted by atomic mass is 9.95. The van der Waals surface area contributed by atoms with E-state index in [0.717, 1.165) is 5.56 Å². The van der Waals surface area contributed by atoms with E-state index >= 15 is 0 Å². The van der Waals surface area contributed by atoms with Gasteiger partial charge in [0.05, 0.1) is 11.6 Å². The van der Waals surface area contributed by atoms with Gasteiger partial charge in [0.1, 0.15) is 0 Å². The molecule has 1 amide bonds. The molecule has 0 fully saturated rings. The zero-order chi connectivity index (χ0) is 18.3. The quantitative estimate of drug-likeness (QED) is 0.915. The number of aliphatic hydroxyl groups is 1. The van der Waals surface area contributed by atoms with Crippen LogP contribution in [0.3, 0.4) is 0 Å². The van der Waals surface area contributed by atoms with Gasteiger partial charge in [0.25, 0.3) is 5.91 Å². The summed E-state index contributed by atoms with van der Waals surface area (Å²) < 4.78 is 10.7. The molecule has 6 heteroatoms. The average Bonchev–Trinajstić information content (AvgIpc) is 3.24. The van der Waals surface area contributed by atoms with Crippen LogP contribution in [0.1, 0.15) is 24.9 Å². The SMILES string of the molecule is CCC(=O)C1=C(O)C(=O)N(c2ccc3c(c2)OCO3)C1c1ccccc1. The van der Waals surface area contributed by atoms with Gasteiger partial charge in [0.2, 0.25) is 6.79 Å². The van der Waals surface area contributed by atoms with Gasteiger partial charge in [-0.25, -0.2) is 0 Å². The highest BCUT2D eigenvalue weighted by atomic mass is 16.7. The molecule has 0 saturated heterocycles. The minimum Gasteiger partial charge on any atom is -0.503 e. The van der Waals surface area contributed by atoms with Gasteiger partial charge in [-0.1, -0.05) is 37.3 Å². The van der Waals surface area contributed by atoms with Crippen LogP contribution in [0.5, 0.6) is 11.5 Å². The Morgan fingerprint density at radius 2 is 1.88 bits per heavy atom. The predicted octanol–water partition coefficient (Wildman–Crippen LogP) is 3.29. The number of nitrogens with zero attached hydrogens (tertiary/aromatic N) is 1. The summed E-state index contributed by atoms with van der Waals surface area (Å²) in [5.74, 6) is -0.235. The first-order valence-electron chi connectivity index (χ1n) is 8.36. The van der Waals surface area contributed by atoms with Crippen LogP contribution in [0.4, 0.5) is 5.69 Å². The van der Waals surface area contributed by atoms with E-state index in [1.807, 2.05) is 30.3 Å². The fourth-order valence-corrected chi connectivity index (χ4v) is 3.33. The molecule has 1 unspecified atom stereocenters. The summed E-state index contributed by atoms with van der Waals surface area (Å²) in [5, 5.41) is 10.4. The van der Waals surface area contributed by atoms with Crippen LogP contribution in [0.25, 0.3) is 0 Å². The zero-order valence-corrected chi connectivity index (χ0v) is 14.1. The minimum atomic E-state index is -0.684. The number of anilines is 1.